The number of benzene rings is 2. The summed E-state index contributed by atoms with van der Waals surface area (Å²) in [6, 6.07) is 11.9. The van der Waals surface area contributed by atoms with Crippen LogP contribution in [0.1, 0.15) is 130 Å². The third kappa shape index (κ3) is 9.11. The van der Waals surface area contributed by atoms with Gasteiger partial charge in [0.1, 0.15) is 0 Å². The van der Waals surface area contributed by atoms with Gasteiger partial charge in [-0.2, -0.15) is 11.6 Å². The van der Waals surface area contributed by atoms with Gasteiger partial charge in [0.2, 0.25) is 0 Å². The minimum Gasteiger partial charge on any atom is -1.00 e. The third-order valence-corrected chi connectivity index (χ3v) is 10.2. The fraction of sp³-hybridized carbons (Fsp3) is 0.463. The SMILES string of the molecule is CC(C)(C)C1=CC[C-]=C1.CC1(C)C=Cc2cc3c(cc21)[cH-]c1cc2c(cc13)C=CC2(C)C.CCCC[C](=[Zr+2])CCCC.[Cl-].[Cl-]. The van der Waals surface area contributed by atoms with E-state index in [1.54, 1.807) is 27.4 Å². The normalized spacial score (nSPS) is 16.3. The predicted molar refractivity (Wildman–Crippen MR) is 185 cm³/mol. The molecule has 3 aromatic rings. The van der Waals surface area contributed by atoms with Crippen molar-refractivity contribution in [1.82, 2.24) is 0 Å². The van der Waals surface area contributed by atoms with Gasteiger partial charge in [-0.05, 0) is 11.1 Å². The minimum absolute atomic E-state index is 0. The summed E-state index contributed by atoms with van der Waals surface area (Å²) in [7, 11) is 0. The number of allylic oxidation sites excluding steroid dienone is 6. The van der Waals surface area contributed by atoms with Crippen LogP contribution in [0.4, 0.5) is 0 Å². The van der Waals surface area contributed by atoms with Crippen LogP contribution in [-0.4, -0.2) is 3.21 Å². The molecule has 3 aliphatic carbocycles. The molecule has 0 aliphatic heterocycles. The van der Waals surface area contributed by atoms with E-state index in [2.05, 4.69) is 135 Å². The van der Waals surface area contributed by atoms with Crippen LogP contribution < -0.4 is 24.8 Å². The number of unbranched alkanes of at least 4 members (excludes halogenated alkanes) is 2. The van der Waals surface area contributed by atoms with Crippen molar-refractivity contribution < 1.29 is 49.0 Å². The second-order valence-electron chi connectivity index (χ2n) is 14.6. The smallest absolute Gasteiger partial charge is 1.00 e. The van der Waals surface area contributed by atoms with Crippen molar-refractivity contribution in [1.29, 1.82) is 0 Å². The van der Waals surface area contributed by atoms with Crippen molar-refractivity contribution in [2.45, 2.75) is 118 Å². The quantitative estimate of drug-likeness (QED) is 0.271. The maximum absolute atomic E-state index is 3.16. The van der Waals surface area contributed by atoms with E-state index >= 15 is 0 Å². The number of rotatable bonds is 6. The van der Waals surface area contributed by atoms with Crippen LogP contribution in [0.5, 0.6) is 0 Å². The van der Waals surface area contributed by atoms with Gasteiger partial charge in [-0.15, -0.1) is 46.2 Å². The van der Waals surface area contributed by atoms with Crippen molar-refractivity contribution >= 4 is 36.9 Å². The first-order valence-electron chi connectivity index (χ1n) is 16.2. The zero-order chi connectivity index (χ0) is 30.7. The second-order valence-corrected chi connectivity index (χ2v) is 16.3. The maximum Gasteiger partial charge on any atom is -1.00 e. The molecule has 0 N–H and O–H groups in total. The van der Waals surface area contributed by atoms with Crippen LogP contribution in [-0.2, 0) is 35.1 Å². The standard InChI is InChI=1S/C23H21.C9H13.C9H18.2ClH.Zr/c1-22(2)7-5-14-10-18-16(12-20(14)22)9-17-13-21-15(11-19(17)18)6-8-23(21,3)4;1-9(2,3)8-6-4-5-7-8;1-3-5-7-9-8-6-4-2;;;/h5-13H,1-4H3;6-7H,4H2,1-3H3;3-8H2,1-2H3;2*1H;/q2*-1;;;;+2/p-2. The van der Waals surface area contributed by atoms with E-state index in [0.717, 1.165) is 6.42 Å². The molecular formula is C41H52Cl2Zr-2. The van der Waals surface area contributed by atoms with Crippen molar-refractivity contribution in [3.63, 3.8) is 0 Å². The van der Waals surface area contributed by atoms with Crippen LogP contribution in [0.2, 0.25) is 0 Å². The summed E-state index contributed by atoms with van der Waals surface area (Å²) in [6.45, 7) is 20.4. The molecule has 0 saturated heterocycles. The van der Waals surface area contributed by atoms with Crippen molar-refractivity contribution in [3.8, 4) is 0 Å². The Morgan fingerprint density at radius 2 is 1.25 bits per heavy atom. The fourth-order valence-corrected chi connectivity index (χ4v) is 7.00. The van der Waals surface area contributed by atoms with E-state index in [4.69, 9.17) is 0 Å². The Kier molecular flexibility index (Phi) is 14.0. The monoisotopic (exact) mass is 704 g/mol. The van der Waals surface area contributed by atoms with Crippen LogP contribution in [0, 0.1) is 11.5 Å². The van der Waals surface area contributed by atoms with Crippen LogP contribution in [0.15, 0.2) is 60.2 Å². The van der Waals surface area contributed by atoms with E-state index in [0.29, 0.717) is 5.41 Å². The van der Waals surface area contributed by atoms with Gasteiger partial charge in [0.15, 0.2) is 0 Å². The molecule has 0 aromatic heterocycles. The second kappa shape index (κ2) is 15.9. The molecule has 3 aliphatic rings. The number of fused-ring (bicyclic) bond motifs is 5. The average Bonchev–Trinajstić information content (AvgIpc) is 3.71. The first-order chi connectivity index (χ1) is 19.8. The van der Waals surface area contributed by atoms with Crippen molar-refractivity contribution in [3.05, 3.63) is 88.5 Å². The fourth-order valence-electron chi connectivity index (χ4n) is 6.13. The van der Waals surface area contributed by atoms with E-state index in [-0.39, 0.29) is 35.6 Å². The summed E-state index contributed by atoms with van der Waals surface area (Å²) < 4.78 is 1.79. The van der Waals surface area contributed by atoms with Crippen LogP contribution in [0.25, 0.3) is 33.7 Å². The summed E-state index contributed by atoms with van der Waals surface area (Å²) in [4.78, 5) is 0. The molecule has 0 spiro atoms. The first kappa shape index (κ1) is 38.8. The van der Waals surface area contributed by atoms with Crippen molar-refractivity contribution in [2.24, 2.45) is 5.41 Å². The third-order valence-electron chi connectivity index (χ3n) is 9.02. The van der Waals surface area contributed by atoms with Crippen LogP contribution in [0.3, 0.4) is 0 Å². The molecule has 0 fully saturated rings. The average molecular weight is 707 g/mol. The van der Waals surface area contributed by atoms with Crippen LogP contribution >= 0.6 is 0 Å². The molecule has 0 heterocycles. The molecule has 0 nitrogen and oxygen atoms in total. The van der Waals surface area contributed by atoms with Gasteiger partial charge in [0, 0.05) is 10.8 Å². The van der Waals surface area contributed by atoms with E-state index < -0.39 is 0 Å². The van der Waals surface area contributed by atoms with Gasteiger partial charge in [-0.25, -0.2) is 6.08 Å². The molecule has 0 bridgehead atoms. The van der Waals surface area contributed by atoms with Gasteiger partial charge in [0.25, 0.3) is 0 Å². The van der Waals surface area contributed by atoms with Gasteiger partial charge in [0.05, 0.1) is 0 Å². The Morgan fingerprint density at radius 1 is 0.795 bits per heavy atom. The summed E-state index contributed by atoms with van der Waals surface area (Å²) in [6.07, 6.45) is 26.0. The number of hydrogen-bond donors (Lipinski definition) is 0. The molecule has 44 heavy (non-hydrogen) atoms. The minimum atomic E-state index is 0. The van der Waals surface area contributed by atoms with Crippen molar-refractivity contribution in [2.75, 3.05) is 0 Å². The Balaban J connectivity index is 0.000000271. The molecule has 3 heteroatoms. The van der Waals surface area contributed by atoms with E-state index in [1.807, 2.05) is 0 Å². The molecule has 0 unspecified atom stereocenters. The predicted octanol–water partition coefficient (Wildman–Crippen LogP) is 6.14. The molecule has 6 rings (SSSR count). The maximum atomic E-state index is 3.16. The summed E-state index contributed by atoms with van der Waals surface area (Å²) in [5.41, 5.74) is 7.71. The Morgan fingerprint density at radius 3 is 1.59 bits per heavy atom. The van der Waals surface area contributed by atoms with Gasteiger partial charge in [-0.1, -0.05) is 101 Å². The van der Waals surface area contributed by atoms with Gasteiger partial charge >= 0.3 is 79.8 Å². The molecule has 0 radical (unpaired) electrons. The van der Waals surface area contributed by atoms with E-state index in [9.17, 15) is 0 Å². The molecule has 3 aromatic carbocycles. The summed E-state index contributed by atoms with van der Waals surface area (Å²) in [5, 5.41) is 5.53. The largest absolute Gasteiger partial charge is 1.00 e. The molecule has 0 saturated carbocycles. The molecule has 0 amide bonds. The zero-order valence-electron chi connectivity index (χ0n) is 28.6. The number of halogens is 2. The molecule has 0 atom stereocenters. The van der Waals surface area contributed by atoms with Gasteiger partial charge < -0.3 is 24.8 Å². The number of hydrogen-bond acceptors (Lipinski definition) is 0. The van der Waals surface area contributed by atoms with E-state index in [1.165, 1.54) is 87.9 Å². The first-order valence-corrected chi connectivity index (χ1v) is 17.4. The Hall–Kier alpha value is -1.40. The Bertz CT molecular complexity index is 1470. The summed E-state index contributed by atoms with van der Waals surface area (Å²) in [5.74, 6) is 0. The van der Waals surface area contributed by atoms with Gasteiger partial charge in [-0.3, -0.25) is 6.08 Å². The zero-order valence-corrected chi connectivity index (χ0v) is 32.5. The Labute approximate surface area is 296 Å². The molecular weight excluding hydrogens is 655 g/mol. The molecule has 236 valence electrons. The summed E-state index contributed by atoms with van der Waals surface area (Å²) >= 11 is 1.67. The topological polar surface area (TPSA) is 0 Å².